The molecule has 0 fully saturated rings. The van der Waals surface area contributed by atoms with E-state index >= 15 is 0 Å². The van der Waals surface area contributed by atoms with Gasteiger partial charge in [0.2, 0.25) is 0 Å². The number of rotatable bonds is 6. The van der Waals surface area contributed by atoms with Crippen molar-refractivity contribution in [2.75, 3.05) is 13.2 Å². The van der Waals surface area contributed by atoms with Crippen molar-refractivity contribution in [1.82, 2.24) is 5.32 Å². The molecular weight excluding hydrogens is 238 g/mol. The molecule has 0 aliphatic carbocycles. The van der Waals surface area contributed by atoms with Gasteiger partial charge in [0.15, 0.2) is 0 Å². The van der Waals surface area contributed by atoms with Crippen molar-refractivity contribution in [2.24, 2.45) is 0 Å². The second-order valence-corrected chi connectivity index (χ2v) is 4.86. The Morgan fingerprint density at radius 3 is 2.58 bits per heavy atom. The molecule has 1 aromatic heterocycles. The Balaban J connectivity index is 1.75. The smallest absolute Gasteiger partial charge is 0.120 e. The molecule has 0 radical (unpaired) electrons. The molecule has 1 N–H and O–H groups in total. The summed E-state index contributed by atoms with van der Waals surface area (Å²) in [6.07, 6.45) is 1.69. The first-order chi connectivity index (χ1) is 9.15. The van der Waals surface area contributed by atoms with Gasteiger partial charge in [0.05, 0.1) is 12.3 Å². The van der Waals surface area contributed by atoms with Crippen molar-refractivity contribution in [3.05, 3.63) is 53.5 Å². The fourth-order valence-corrected chi connectivity index (χ4v) is 2.10. The summed E-state index contributed by atoms with van der Waals surface area (Å²) in [4.78, 5) is 0. The normalized spacial score (nSPS) is 12.4. The van der Waals surface area contributed by atoms with Crippen LogP contribution in [0.1, 0.15) is 29.9 Å². The number of hydrogen-bond acceptors (Lipinski definition) is 3. The van der Waals surface area contributed by atoms with E-state index in [0.717, 1.165) is 18.1 Å². The van der Waals surface area contributed by atoms with Crippen LogP contribution in [-0.2, 0) is 0 Å². The highest BCUT2D eigenvalue weighted by Gasteiger charge is 2.06. The third kappa shape index (κ3) is 4.14. The molecule has 0 bridgehead atoms. The average Bonchev–Trinajstić information content (AvgIpc) is 2.87. The number of ether oxygens (including phenoxy) is 1. The number of furan rings is 1. The van der Waals surface area contributed by atoms with Crippen molar-refractivity contribution in [2.45, 2.75) is 26.8 Å². The number of nitrogens with one attached hydrogen (secondary N) is 1. The van der Waals surface area contributed by atoms with E-state index in [9.17, 15) is 0 Å². The molecule has 3 nitrogen and oxygen atoms in total. The Morgan fingerprint density at radius 2 is 1.95 bits per heavy atom. The van der Waals surface area contributed by atoms with Gasteiger partial charge in [-0.3, -0.25) is 0 Å². The molecule has 0 aliphatic rings. The monoisotopic (exact) mass is 259 g/mol. The van der Waals surface area contributed by atoms with Crippen LogP contribution in [0.4, 0.5) is 0 Å². The van der Waals surface area contributed by atoms with Crippen LogP contribution in [-0.4, -0.2) is 13.2 Å². The van der Waals surface area contributed by atoms with Crippen LogP contribution in [0.5, 0.6) is 5.75 Å². The van der Waals surface area contributed by atoms with Crippen LogP contribution in [0.25, 0.3) is 0 Å². The van der Waals surface area contributed by atoms with E-state index in [0.29, 0.717) is 6.61 Å². The van der Waals surface area contributed by atoms with Gasteiger partial charge < -0.3 is 14.5 Å². The lowest BCUT2D eigenvalue weighted by atomic mass is 10.1. The molecule has 0 spiro atoms. The predicted octanol–water partition coefficient (Wildman–Crippen LogP) is 3.63. The minimum Gasteiger partial charge on any atom is -0.492 e. The minimum absolute atomic E-state index is 0.206. The Bertz CT molecular complexity index is 485. The highest BCUT2D eigenvalue weighted by Crippen LogP contribution is 2.16. The summed E-state index contributed by atoms with van der Waals surface area (Å²) in [5, 5.41) is 3.37. The van der Waals surface area contributed by atoms with Gasteiger partial charge in [-0.05, 0) is 56.2 Å². The topological polar surface area (TPSA) is 34.4 Å². The standard InChI is InChI=1S/C16H21NO2/c1-12-9-13(2)11-15(10-12)18-8-6-17-14(3)16-5-4-7-19-16/h4-5,7,9-11,14,17H,6,8H2,1-3H3. The lowest BCUT2D eigenvalue weighted by Gasteiger charge is -2.12. The van der Waals surface area contributed by atoms with Gasteiger partial charge in [0.1, 0.15) is 18.1 Å². The summed E-state index contributed by atoms with van der Waals surface area (Å²) < 4.78 is 11.1. The molecular formula is C16H21NO2. The number of hydrogen-bond donors (Lipinski definition) is 1. The van der Waals surface area contributed by atoms with E-state index < -0.39 is 0 Å². The zero-order chi connectivity index (χ0) is 13.7. The maximum Gasteiger partial charge on any atom is 0.120 e. The summed E-state index contributed by atoms with van der Waals surface area (Å²) in [7, 11) is 0. The molecule has 0 amide bonds. The molecule has 1 heterocycles. The van der Waals surface area contributed by atoms with Crippen LogP contribution < -0.4 is 10.1 Å². The molecule has 1 unspecified atom stereocenters. The highest BCUT2D eigenvalue weighted by atomic mass is 16.5. The largest absolute Gasteiger partial charge is 0.492 e. The summed E-state index contributed by atoms with van der Waals surface area (Å²) in [6.45, 7) is 7.67. The average molecular weight is 259 g/mol. The molecule has 102 valence electrons. The predicted molar refractivity (Wildman–Crippen MR) is 76.5 cm³/mol. The van der Waals surface area contributed by atoms with E-state index in [2.05, 4.69) is 44.3 Å². The van der Waals surface area contributed by atoms with Gasteiger partial charge in [0, 0.05) is 6.54 Å². The van der Waals surface area contributed by atoms with Crippen molar-refractivity contribution >= 4 is 0 Å². The Labute approximate surface area is 114 Å². The Hall–Kier alpha value is -1.74. The van der Waals surface area contributed by atoms with E-state index in [1.807, 2.05) is 12.1 Å². The van der Waals surface area contributed by atoms with Gasteiger partial charge in [-0.25, -0.2) is 0 Å². The van der Waals surface area contributed by atoms with Gasteiger partial charge in [-0.15, -0.1) is 0 Å². The van der Waals surface area contributed by atoms with Crippen molar-refractivity contribution < 1.29 is 9.15 Å². The van der Waals surface area contributed by atoms with Crippen LogP contribution in [0.3, 0.4) is 0 Å². The Kier molecular flexibility index (Phi) is 4.63. The first kappa shape index (κ1) is 13.7. The SMILES string of the molecule is Cc1cc(C)cc(OCCNC(C)c2ccco2)c1. The maximum absolute atomic E-state index is 5.74. The van der Waals surface area contributed by atoms with Crippen LogP contribution in [0.15, 0.2) is 41.0 Å². The van der Waals surface area contributed by atoms with Gasteiger partial charge >= 0.3 is 0 Å². The van der Waals surface area contributed by atoms with Crippen LogP contribution >= 0.6 is 0 Å². The summed E-state index contributed by atoms with van der Waals surface area (Å²) in [5.74, 6) is 1.89. The molecule has 2 aromatic rings. The lowest BCUT2D eigenvalue weighted by Crippen LogP contribution is -2.24. The summed E-state index contributed by atoms with van der Waals surface area (Å²) in [6, 6.07) is 10.3. The molecule has 0 saturated heterocycles. The fraction of sp³-hybridized carbons (Fsp3) is 0.375. The van der Waals surface area contributed by atoms with Gasteiger partial charge in [0.25, 0.3) is 0 Å². The Morgan fingerprint density at radius 1 is 1.21 bits per heavy atom. The van der Waals surface area contributed by atoms with E-state index in [1.165, 1.54) is 11.1 Å². The van der Waals surface area contributed by atoms with Gasteiger partial charge in [-0.1, -0.05) is 6.07 Å². The van der Waals surface area contributed by atoms with E-state index in [1.54, 1.807) is 6.26 Å². The van der Waals surface area contributed by atoms with Crippen molar-refractivity contribution in [3.8, 4) is 5.75 Å². The lowest BCUT2D eigenvalue weighted by molar-refractivity contribution is 0.301. The van der Waals surface area contributed by atoms with Gasteiger partial charge in [-0.2, -0.15) is 0 Å². The zero-order valence-electron chi connectivity index (χ0n) is 11.8. The van der Waals surface area contributed by atoms with Crippen molar-refractivity contribution in [1.29, 1.82) is 0 Å². The van der Waals surface area contributed by atoms with Crippen molar-refractivity contribution in [3.63, 3.8) is 0 Å². The third-order valence-corrected chi connectivity index (χ3v) is 2.99. The molecule has 1 aromatic carbocycles. The maximum atomic E-state index is 5.74. The second kappa shape index (κ2) is 6.43. The molecule has 2 rings (SSSR count). The van der Waals surface area contributed by atoms with Crippen LogP contribution in [0, 0.1) is 13.8 Å². The zero-order valence-corrected chi connectivity index (χ0v) is 11.8. The number of aryl methyl sites for hydroxylation is 2. The molecule has 19 heavy (non-hydrogen) atoms. The molecule has 3 heteroatoms. The fourth-order valence-electron chi connectivity index (χ4n) is 2.10. The summed E-state index contributed by atoms with van der Waals surface area (Å²) in [5.41, 5.74) is 2.46. The first-order valence-corrected chi connectivity index (χ1v) is 6.63. The second-order valence-electron chi connectivity index (χ2n) is 4.86. The number of benzene rings is 1. The summed E-state index contributed by atoms with van der Waals surface area (Å²) >= 11 is 0. The molecule has 1 atom stereocenters. The highest BCUT2D eigenvalue weighted by molar-refractivity contribution is 5.32. The van der Waals surface area contributed by atoms with E-state index in [-0.39, 0.29) is 6.04 Å². The molecule has 0 aliphatic heterocycles. The molecule has 0 saturated carbocycles. The first-order valence-electron chi connectivity index (χ1n) is 6.63. The van der Waals surface area contributed by atoms with E-state index in [4.69, 9.17) is 9.15 Å². The minimum atomic E-state index is 0.206. The quantitative estimate of drug-likeness (QED) is 0.804. The van der Waals surface area contributed by atoms with Crippen LogP contribution in [0.2, 0.25) is 0 Å². The third-order valence-electron chi connectivity index (χ3n) is 2.99.